The van der Waals surface area contributed by atoms with E-state index in [-0.39, 0.29) is 0 Å². The summed E-state index contributed by atoms with van der Waals surface area (Å²) in [7, 11) is 0. The highest BCUT2D eigenvalue weighted by atomic mass is 16.7. The van der Waals surface area contributed by atoms with E-state index < -0.39 is 0 Å². The summed E-state index contributed by atoms with van der Waals surface area (Å²) in [6.45, 7) is 5.41. The molecule has 5 rings (SSSR count). The molecule has 0 amide bonds. The lowest BCUT2D eigenvalue weighted by molar-refractivity contribution is 0.174. The van der Waals surface area contributed by atoms with Crippen LogP contribution in [0.5, 0.6) is 11.5 Å². The van der Waals surface area contributed by atoms with E-state index in [1.54, 1.807) is 12.5 Å². The van der Waals surface area contributed by atoms with E-state index in [0.717, 1.165) is 55.8 Å². The maximum Gasteiger partial charge on any atom is 0.245 e. The summed E-state index contributed by atoms with van der Waals surface area (Å²) >= 11 is 0. The second-order valence-electron chi connectivity index (χ2n) is 7.02. The molecule has 2 aliphatic heterocycles. The van der Waals surface area contributed by atoms with Crippen molar-refractivity contribution in [3.8, 4) is 11.5 Å². The Bertz CT molecular complexity index is 957. The van der Waals surface area contributed by atoms with Crippen LogP contribution in [0.4, 0.5) is 11.8 Å². The van der Waals surface area contributed by atoms with Crippen molar-refractivity contribution in [1.82, 2.24) is 20.1 Å². The number of benzene rings is 1. The molecule has 2 aromatic heterocycles. The average Bonchev–Trinajstić information content (AvgIpc) is 3.45. The molecule has 0 aliphatic carbocycles. The van der Waals surface area contributed by atoms with E-state index in [2.05, 4.69) is 42.4 Å². The Hall–Kier alpha value is -3.33. The molecule has 4 heterocycles. The highest BCUT2D eigenvalue weighted by Crippen LogP contribution is 2.32. The fourth-order valence-corrected chi connectivity index (χ4v) is 3.53. The third kappa shape index (κ3) is 4.09. The van der Waals surface area contributed by atoms with Gasteiger partial charge in [-0.05, 0) is 29.8 Å². The van der Waals surface area contributed by atoms with Crippen molar-refractivity contribution in [1.29, 1.82) is 0 Å². The highest BCUT2D eigenvalue weighted by Gasteiger charge is 2.20. The Kier molecular flexibility index (Phi) is 4.87. The zero-order chi connectivity index (χ0) is 19.5. The van der Waals surface area contributed by atoms with Gasteiger partial charge in [0.15, 0.2) is 17.3 Å². The fourth-order valence-electron chi connectivity index (χ4n) is 3.53. The molecule has 2 aliphatic rings. The third-order valence-corrected chi connectivity index (χ3v) is 5.09. The standard InChI is InChI=1S/C20H22N6O3/c1-2-16(27-9-1)11-21-20-23-19(12-22-24-20)26-7-5-25(6-8-26)13-15-3-4-17-18(10-15)29-14-28-17/h1-4,9-10,12H,5-8,11,13-14H2,(H,21,23,24). The molecular formula is C20H22N6O3. The van der Waals surface area contributed by atoms with Gasteiger partial charge in [-0.15, -0.1) is 5.10 Å². The molecule has 9 heteroatoms. The van der Waals surface area contributed by atoms with Crippen LogP contribution in [0.25, 0.3) is 0 Å². The predicted molar refractivity (Wildman–Crippen MR) is 106 cm³/mol. The minimum absolute atomic E-state index is 0.308. The van der Waals surface area contributed by atoms with Crippen molar-refractivity contribution in [2.45, 2.75) is 13.1 Å². The van der Waals surface area contributed by atoms with Crippen molar-refractivity contribution in [3.63, 3.8) is 0 Å². The van der Waals surface area contributed by atoms with Gasteiger partial charge in [0.25, 0.3) is 0 Å². The molecule has 0 bridgehead atoms. The summed E-state index contributed by atoms with van der Waals surface area (Å²) < 4.78 is 16.2. The first-order valence-corrected chi connectivity index (χ1v) is 9.65. The lowest BCUT2D eigenvalue weighted by Crippen LogP contribution is -2.46. The van der Waals surface area contributed by atoms with Crippen molar-refractivity contribution in [2.75, 3.05) is 43.2 Å². The summed E-state index contributed by atoms with van der Waals surface area (Å²) in [6, 6.07) is 9.92. The summed E-state index contributed by atoms with van der Waals surface area (Å²) in [5, 5.41) is 11.3. The predicted octanol–water partition coefficient (Wildman–Crippen LogP) is 2.13. The monoisotopic (exact) mass is 394 g/mol. The van der Waals surface area contributed by atoms with Gasteiger partial charge in [0.05, 0.1) is 19.0 Å². The molecule has 0 atom stereocenters. The number of hydrogen-bond donors (Lipinski definition) is 1. The summed E-state index contributed by atoms with van der Waals surface area (Å²) in [5.41, 5.74) is 1.23. The third-order valence-electron chi connectivity index (χ3n) is 5.09. The number of furan rings is 1. The van der Waals surface area contributed by atoms with Crippen LogP contribution in [0.3, 0.4) is 0 Å². The number of piperazine rings is 1. The quantitative estimate of drug-likeness (QED) is 0.675. The molecule has 9 nitrogen and oxygen atoms in total. The average molecular weight is 394 g/mol. The SMILES string of the molecule is c1coc(CNc2nncc(N3CCN(Cc4ccc5c(c4)OCO5)CC3)n2)c1. The van der Waals surface area contributed by atoms with Crippen molar-refractivity contribution in [3.05, 3.63) is 54.1 Å². The van der Waals surface area contributed by atoms with Crippen LogP contribution in [0.2, 0.25) is 0 Å². The minimum Gasteiger partial charge on any atom is -0.467 e. The van der Waals surface area contributed by atoms with Gasteiger partial charge in [0, 0.05) is 32.7 Å². The van der Waals surface area contributed by atoms with Gasteiger partial charge in [-0.2, -0.15) is 10.1 Å². The zero-order valence-corrected chi connectivity index (χ0v) is 16.0. The first kappa shape index (κ1) is 17.7. The molecule has 1 N–H and O–H groups in total. The Morgan fingerprint density at radius 2 is 1.93 bits per heavy atom. The number of ether oxygens (including phenoxy) is 2. The van der Waals surface area contributed by atoms with Gasteiger partial charge in [-0.3, -0.25) is 4.90 Å². The van der Waals surface area contributed by atoms with Gasteiger partial charge in [-0.25, -0.2) is 0 Å². The second-order valence-corrected chi connectivity index (χ2v) is 7.02. The van der Waals surface area contributed by atoms with Crippen LogP contribution < -0.4 is 19.7 Å². The number of rotatable bonds is 6. The van der Waals surface area contributed by atoms with Crippen molar-refractivity contribution in [2.24, 2.45) is 0 Å². The van der Waals surface area contributed by atoms with E-state index in [0.29, 0.717) is 19.3 Å². The van der Waals surface area contributed by atoms with E-state index in [1.165, 1.54) is 5.56 Å². The van der Waals surface area contributed by atoms with E-state index in [1.807, 2.05) is 18.2 Å². The summed E-state index contributed by atoms with van der Waals surface area (Å²) in [4.78, 5) is 9.26. The van der Waals surface area contributed by atoms with Crippen LogP contribution in [-0.4, -0.2) is 53.1 Å². The number of fused-ring (bicyclic) bond motifs is 1. The second kappa shape index (κ2) is 7.96. The van der Waals surface area contributed by atoms with Gasteiger partial charge in [-0.1, -0.05) is 6.07 Å². The van der Waals surface area contributed by atoms with E-state index in [4.69, 9.17) is 13.9 Å². The maximum absolute atomic E-state index is 5.48. The maximum atomic E-state index is 5.48. The van der Waals surface area contributed by atoms with E-state index in [9.17, 15) is 0 Å². The van der Waals surface area contributed by atoms with Crippen LogP contribution in [0.15, 0.2) is 47.2 Å². The Balaban J connectivity index is 1.16. The van der Waals surface area contributed by atoms with Gasteiger partial charge in [0.2, 0.25) is 12.7 Å². The Labute approximate surface area is 168 Å². The number of nitrogens with one attached hydrogen (secondary N) is 1. The molecule has 0 unspecified atom stereocenters. The number of hydrogen-bond acceptors (Lipinski definition) is 9. The number of anilines is 2. The van der Waals surface area contributed by atoms with Gasteiger partial charge < -0.3 is 24.1 Å². The molecule has 0 spiro atoms. The lowest BCUT2D eigenvalue weighted by atomic mass is 10.1. The van der Waals surface area contributed by atoms with Crippen LogP contribution >= 0.6 is 0 Å². The molecule has 150 valence electrons. The molecule has 0 radical (unpaired) electrons. The van der Waals surface area contributed by atoms with Crippen LogP contribution in [0.1, 0.15) is 11.3 Å². The number of aromatic nitrogens is 3. The highest BCUT2D eigenvalue weighted by molar-refractivity contribution is 5.44. The molecular weight excluding hydrogens is 372 g/mol. The van der Waals surface area contributed by atoms with E-state index >= 15 is 0 Å². The summed E-state index contributed by atoms with van der Waals surface area (Å²) in [5.74, 6) is 3.83. The largest absolute Gasteiger partial charge is 0.467 e. The van der Waals surface area contributed by atoms with Crippen LogP contribution in [0, 0.1) is 0 Å². The lowest BCUT2D eigenvalue weighted by Gasteiger charge is -2.35. The smallest absolute Gasteiger partial charge is 0.245 e. The first-order chi connectivity index (χ1) is 14.3. The van der Waals surface area contributed by atoms with Gasteiger partial charge >= 0.3 is 0 Å². The minimum atomic E-state index is 0.308. The molecule has 0 saturated carbocycles. The summed E-state index contributed by atoms with van der Waals surface area (Å²) in [6.07, 6.45) is 3.36. The molecule has 1 aromatic carbocycles. The number of nitrogens with zero attached hydrogens (tertiary/aromatic N) is 5. The Morgan fingerprint density at radius 3 is 2.79 bits per heavy atom. The topological polar surface area (TPSA) is 88.8 Å². The molecule has 29 heavy (non-hydrogen) atoms. The molecule has 3 aromatic rings. The molecule has 1 fully saturated rings. The first-order valence-electron chi connectivity index (χ1n) is 9.65. The zero-order valence-electron chi connectivity index (χ0n) is 16.0. The van der Waals surface area contributed by atoms with Crippen molar-refractivity contribution >= 4 is 11.8 Å². The fraction of sp³-hybridized carbons (Fsp3) is 0.350. The Morgan fingerprint density at radius 1 is 1.03 bits per heavy atom. The van der Waals surface area contributed by atoms with Gasteiger partial charge in [0.1, 0.15) is 5.76 Å². The normalized spacial score (nSPS) is 16.2. The van der Waals surface area contributed by atoms with Crippen LogP contribution in [-0.2, 0) is 13.1 Å². The van der Waals surface area contributed by atoms with Crippen molar-refractivity contribution < 1.29 is 13.9 Å². The molecule has 1 saturated heterocycles.